The lowest BCUT2D eigenvalue weighted by Crippen LogP contribution is -2.26. The molecule has 4 aromatic rings. The van der Waals surface area contributed by atoms with Crippen LogP contribution in [0.15, 0.2) is 47.3 Å². The van der Waals surface area contributed by atoms with Crippen LogP contribution >= 0.6 is 0 Å². The summed E-state index contributed by atoms with van der Waals surface area (Å²) in [5.41, 5.74) is 4.71. The van der Waals surface area contributed by atoms with Crippen molar-refractivity contribution in [3.63, 3.8) is 0 Å². The zero-order valence-corrected chi connectivity index (χ0v) is 18.3. The van der Waals surface area contributed by atoms with E-state index >= 15 is 0 Å². The lowest BCUT2D eigenvalue weighted by Gasteiger charge is -2.25. The van der Waals surface area contributed by atoms with Gasteiger partial charge in [-0.3, -0.25) is 14.5 Å². The van der Waals surface area contributed by atoms with Crippen LogP contribution in [0.25, 0.3) is 22.4 Å². The predicted molar refractivity (Wildman–Crippen MR) is 124 cm³/mol. The van der Waals surface area contributed by atoms with Crippen LogP contribution in [0.4, 0.5) is 11.4 Å². The standard InChI is InChI=1S/C24H26N6O2/c1-16-11-17(7-8-25-16)24-28-20(15-32-24)23(31)27-19-12-18-14-26-29(2)21(18)13-22(19)30-9-5-3-4-6-10-30/h7-8,11-15H,3-6,9-10H2,1-2H3,(H,27,31). The fraction of sp³-hybridized carbons (Fsp3) is 0.333. The van der Waals surface area contributed by atoms with Crippen molar-refractivity contribution in [2.24, 2.45) is 7.05 Å². The van der Waals surface area contributed by atoms with Gasteiger partial charge >= 0.3 is 0 Å². The Morgan fingerprint density at radius 3 is 2.72 bits per heavy atom. The SMILES string of the molecule is Cc1cc(-c2nc(C(=O)Nc3cc4cnn(C)c4cc3N3CCCCCC3)co2)ccn1. The first-order valence-corrected chi connectivity index (χ1v) is 11.0. The number of rotatable bonds is 4. The van der Waals surface area contributed by atoms with Gasteiger partial charge < -0.3 is 14.6 Å². The molecule has 1 aromatic carbocycles. The molecular formula is C24H26N6O2. The lowest BCUT2D eigenvalue weighted by atomic mass is 10.1. The highest BCUT2D eigenvalue weighted by atomic mass is 16.3. The van der Waals surface area contributed by atoms with Crippen LogP contribution in [0.2, 0.25) is 0 Å². The van der Waals surface area contributed by atoms with Gasteiger partial charge in [-0.05, 0) is 44.0 Å². The molecule has 8 nitrogen and oxygen atoms in total. The van der Waals surface area contributed by atoms with Crippen LogP contribution in [0, 0.1) is 6.92 Å². The molecule has 1 saturated heterocycles. The first kappa shape index (κ1) is 20.2. The van der Waals surface area contributed by atoms with Gasteiger partial charge in [0.1, 0.15) is 6.26 Å². The van der Waals surface area contributed by atoms with E-state index in [-0.39, 0.29) is 11.6 Å². The van der Waals surface area contributed by atoms with E-state index in [2.05, 4.69) is 31.3 Å². The number of amides is 1. The topological polar surface area (TPSA) is 89.1 Å². The number of anilines is 2. The number of aryl methyl sites for hydroxylation is 2. The second kappa shape index (κ2) is 8.45. The van der Waals surface area contributed by atoms with Gasteiger partial charge in [0.25, 0.3) is 5.91 Å². The average Bonchev–Trinajstić information content (AvgIpc) is 3.32. The third-order valence-corrected chi connectivity index (χ3v) is 5.94. The number of oxazole rings is 1. The molecule has 5 rings (SSSR count). The van der Waals surface area contributed by atoms with E-state index in [4.69, 9.17) is 4.42 Å². The molecule has 8 heteroatoms. The number of benzene rings is 1. The molecule has 0 aliphatic carbocycles. The summed E-state index contributed by atoms with van der Waals surface area (Å²) >= 11 is 0. The molecule has 1 fully saturated rings. The smallest absolute Gasteiger partial charge is 0.277 e. The molecule has 0 unspecified atom stereocenters. The predicted octanol–water partition coefficient (Wildman–Crippen LogP) is 4.56. The summed E-state index contributed by atoms with van der Waals surface area (Å²) in [4.78, 5) is 24.0. The minimum absolute atomic E-state index is 0.238. The van der Waals surface area contributed by atoms with Gasteiger partial charge in [-0.2, -0.15) is 5.10 Å². The van der Waals surface area contributed by atoms with Gasteiger partial charge in [0.2, 0.25) is 5.89 Å². The van der Waals surface area contributed by atoms with Gasteiger partial charge in [0, 0.05) is 43.0 Å². The van der Waals surface area contributed by atoms with Gasteiger partial charge in [-0.25, -0.2) is 4.98 Å². The minimum Gasteiger partial charge on any atom is -0.444 e. The molecule has 0 atom stereocenters. The first-order valence-electron chi connectivity index (χ1n) is 11.0. The molecule has 1 amide bonds. The number of hydrogen-bond donors (Lipinski definition) is 1. The Morgan fingerprint density at radius 1 is 1.12 bits per heavy atom. The first-order chi connectivity index (χ1) is 15.6. The number of carbonyl (C=O) groups is 1. The van der Waals surface area contributed by atoms with Crippen molar-refractivity contribution in [3.8, 4) is 11.5 Å². The summed E-state index contributed by atoms with van der Waals surface area (Å²) in [6, 6.07) is 7.81. The summed E-state index contributed by atoms with van der Waals surface area (Å²) in [6.07, 6.45) is 9.69. The van der Waals surface area contributed by atoms with E-state index in [1.807, 2.05) is 43.0 Å². The Morgan fingerprint density at radius 2 is 1.94 bits per heavy atom. The molecule has 164 valence electrons. The van der Waals surface area contributed by atoms with Crippen molar-refractivity contribution < 1.29 is 9.21 Å². The van der Waals surface area contributed by atoms with Crippen LogP contribution in [0.1, 0.15) is 41.9 Å². The highest BCUT2D eigenvalue weighted by Gasteiger charge is 2.20. The number of nitrogens with zero attached hydrogens (tertiary/aromatic N) is 5. The summed E-state index contributed by atoms with van der Waals surface area (Å²) in [7, 11) is 1.94. The van der Waals surface area contributed by atoms with E-state index in [1.165, 1.54) is 19.1 Å². The number of carbonyl (C=O) groups excluding carboxylic acids is 1. The van der Waals surface area contributed by atoms with E-state index in [0.717, 1.165) is 59.5 Å². The fourth-order valence-corrected chi connectivity index (χ4v) is 4.24. The Bertz CT molecular complexity index is 1270. The van der Waals surface area contributed by atoms with Crippen LogP contribution in [0.5, 0.6) is 0 Å². The van der Waals surface area contributed by atoms with Crippen molar-refractivity contribution in [1.82, 2.24) is 19.7 Å². The fourth-order valence-electron chi connectivity index (χ4n) is 4.24. The second-order valence-corrected chi connectivity index (χ2v) is 8.28. The van der Waals surface area contributed by atoms with E-state index in [0.29, 0.717) is 5.89 Å². The maximum Gasteiger partial charge on any atom is 0.277 e. The van der Waals surface area contributed by atoms with E-state index in [1.54, 1.807) is 6.20 Å². The van der Waals surface area contributed by atoms with Gasteiger partial charge in [0.05, 0.1) is 23.1 Å². The summed E-state index contributed by atoms with van der Waals surface area (Å²) in [5, 5.41) is 8.43. The zero-order valence-electron chi connectivity index (χ0n) is 18.3. The van der Waals surface area contributed by atoms with Crippen molar-refractivity contribution in [1.29, 1.82) is 0 Å². The molecule has 3 aromatic heterocycles. The van der Waals surface area contributed by atoms with Gasteiger partial charge in [-0.1, -0.05) is 12.8 Å². The molecular weight excluding hydrogens is 404 g/mol. The maximum absolute atomic E-state index is 13.1. The maximum atomic E-state index is 13.1. The normalized spacial score (nSPS) is 14.5. The monoisotopic (exact) mass is 430 g/mol. The molecule has 0 saturated carbocycles. The number of pyridine rings is 1. The molecule has 1 aliphatic rings. The molecule has 1 N–H and O–H groups in total. The van der Waals surface area contributed by atoms with Gasteiger partial charge in [-0.15, -0.1) is 0 Å². The van der Waals surface area contributed by atoms with Crippen LogP contribution < -0.4 is 10.2 Å². The largest absolute Gasteiger partial charge is 0.444 e. The molecule has 0 radical (unpaired) electrons. The zero-order chi connectivity index (χ0) is 22.1. The number of nitrogens with one attached hydrogen (secondary N) is 1. The molecule has 32 heavy (non-hydrogen) atoms. The second-order valence-electron chi connectivity index (χ2n) is 8.28. The summed E-state index contributed by atoms with van der Waals surface area (Å²) < 4.78 is 7.44. The van der Waals surface area contributed by atoms with Crippen molar-refractivity contribution in [2.45, 2.75) is 32.6 Å². The molecule has 0 spiro atoms. The van der Waals surface area contributed by atoms with E-state index in [9.17, 15) is 4.79 Å². The van der Waals surface area contributed by atoms with E-state index < -0.39 is 0 Å². The van der Waals surface area contributed by atoms with Crippen molar-refractivity contribution in [3.05, 3.63) is 54.3 Å². The highest BCUT2D eigenvalue weighted by Crippen LogP contribution is 2.33. The average molecular weight is 431 g/mol. The lowest BCUT2D eigenvalue weighted by molar-refractivity contribution is 0.102. The minimum atomic E-state index is -0.301. The van der Waals surface area contributed by atoms with Crippen LogP contribution in [0.3, 0.4) is 0 Å². The Kier molecular flexibility index (Phi) is 5.34. The van der Waals surface area contributed by atoms with Crippen molar-refractivity contribution in [2.75, 3.05) is 23.3 Å². The van der Waals surface area contributed by atoms with Crippen LogP contribution in [-0.2, 0) is 7.05 Å². The third kappa shape index (κ3) is 3.95. The Hall–Kier alpha value is -3.68. The third-order valence-electron chi connectivity index (χ3n) is 5.94. The molecule has 4 heterocycles. The molecule has 0 bridgehead atoms. The number of fused-ring (bicyclic) bond motifs is 1. The number of aromatic nitrogens is 4. The molecule has 1 aliphatic heterocycles. The van der Waals surface area contributed by atoms with Crippen molar-refractivity contribution >= 4 is 28.2 Å². The highest BCUT2D eigenvalue weighted by molar-refractivity contribution is 6.06. The van der Waals surface area contributed by atoms with Gasteiger partial charge in [0.15, 0.2) is 5.69 Å². The Balaban J connectivity index is 1.46. The summed E-state index contributed by atoms with van der Waals surface area (Å²) in [6.45, 7) is 3.85. The van der Waals surface area contributed by atoms with Crippen LogP contribution in [-0.4, -0.2) is 38.7 Å². The summed E-state index contributed by atoms with van der Waals surface area (Å²) in [5.74, 6) is 0.0983. The Labute approximate surface area is 186 Å². The number of hydrogen-bond acceptors (Lipinski definition) is 6. The quantitative estimate of drug-likeness (QED) is 0.510.